The van der Waals surface area contributed by atoms with Crippen LogP contribution in [0.4, 0.5) is 13.2 Å². The summed E-state index contributed by atoms with van der Waals surface area (Å²) in [6, 6.07) is 3.78. The minimum Gasteiger partial charge on any atom is -0.321 e. The van der Waals surface area contributed by atoms with Crippen LogP contribution < -0.4 is 11.4 Å². The highest BCUT2D eigenvalue weighted by molar-refractivity contribution is 5.36. The first-order chi connectivity index (χ1) is 9.34. The Morgan fingerprint density at radius 3 is 2.45 bits per heavy atom. The van der Waals surface area contributed by atoms with E-state index in [0.29, 0.717) is 6.42 Å². The maximum Gasteiger partial charge on any atom is 0.416 e. The molecule has 1 aromatic carbocycles. The Morgan fingerprint density at radius 1 is 1.35 bits per heavy atom. The van der Waals surface area contributed by atoms with Crippen molar-refractivity contribution in [2.75, 3.05) is 0 Å². The Labute approximate surface area is 112 Å². The van der Waals surface area contributed by atoms with Crippen LogP contribution in [0, 0.1) is 0 Å². The third-order valence-electron chi connectivity index (χ3n) is 2.92. The molecule has 0 bridgehead atoms. The molecule has 1 atom stereocenters. The van der Waals surface area contributed by atoms with Crippen LogP contribution in [-0.4, -0.2) is 14.8 Å². The van der Waals surface area contributed by atoms with Crippen molar-refractivity contribution in [2.45, 2.75) is 25.6 Å². The van der Waals surface area contributed by atoms with Gasteiger partial charge >= 0.3 is 11.9 Å². The molecule has 1 aromatic heterocycles. The van der Waals surface area contributed by atoms with Gasteiger partial charge in [0, 0.05) is 0 Å². The van der Waals surface area contributed by atoms with Crippen molar-refractivity contribution in [3.8, 4) is 5.69 Å². The Hall–Kier alpha value is -2.09. The average Bonchev–Trinajstić information content (AvgIpc) is 2.79. The lowest BCUT2D eigenvalue weighted by Gasteiger charge is -2.11. The topological polar surface area (TPSA) is 76.7 Å². The Morgan fingerprint density at radius 2 is 1.95 bits per heavy atom. The first kappa shape index (κ1) is 14.3. The first-order valence-electron chi connectivity index (χ1n) is 5.95. The van der Waals surface area contributed by atoms with Crippen molar-refractivity contribution in [3.05, 3.63) is 46.1 Å². The van der Waals surface area contributed by atoms with Crippen LogP contribution in [0.3, 0.4) is 0 Å². The molecule has 0 aliphatic heterocycles. The van der Waals surface area contributed by atoms with Crippen LogP contribution in [0.1, 0.15) is 30.8 Å². The molecule has 0 aliphatic rings. The van der Waals surface area contributed by atoms with Crippen LogP contribution in [0.15, 0.2) is 29.1 Å². The molecule has 0 unspecified atom stereocenters. The molecule has 20 heavy (non-hydrogen) atoms. The van der Waals surface area contributed by atoms with Crippen LogP contribution >= 0.6 is 0 Å². The number of benzene rings is 1. The van der Waals surface area contributed by atoms with Gasteiger partial charge in [0.1, 0.15) is 0 Å². The van der Waals surface area contributed by atoms with Crippen molar-refractivity contribution in [2.24, 2.45) is 5.73 Å². The first-order valence-corrected chi connectivity index (χ1v) is 5.95. The highest BCUT2D eigenvalue weighted by atomic mass is 19.4. The molecule has 0 saturated carbocycles. The number of H-pyrrole nitrogens is 1. The quantitative estimate of drug-likeness (QED) is 0.906. The van der Waals surface area contributed by atoms with Gasteiger partial charge in [0.2, 0.25) is 0 Å². The summed E-state index contributed by atoms with van der Waals surface area (Å²) in [7, 11) is 0. The van der Waals surface area contributed by atoms with Gasteiger partial charge in [-0.3, -0.25) is 0 Å². The second-order valence-corrected chi connectivity index (χ2v) is 4.28. The second-order valence-electron chi connectivity index (χ2n) is 4.28. The van der Waals surface area contributed by atoms with Crippen LogP contribution in [-0.2, 0) is 6.18 Å². The standard InChI is InChI=1S/C12H13F3N4O/c1-2-9(16)10-17-18-11(20)19(10)8-5-3-7(4-6-8)12(13,14)15/h3-6,9H,2,16H2,1H3,(H,18,20)/t9-/m0/s1. The summed E-state index contributed by atoms with van der Waals surface area (Å²) in [6.45, 7) is 1.82. The zero-order valence-electron chi connectivity index (χ0n) is 10.6. The van der Waals surface area contributed by atoms with E-state index in [-0.39, 0.29) is 11.5 Å². The number of rotatable bonds is 3. The largest absolute Gasteiger partial charge is 0.416 e. The van der Waals surface area contributed by atoms with E-state index in [1.807, 2.05) is 6.92 Å². The lowest BCUT2D eigenvalue weighted by atomic mass is 10.2. The number of nitrogens with zero attached hydrogens (tertiary/aromatic N) is 2. The second kappa shape index (κ2) is 5.12. The summed E-state index contributed by atoms with van der Waals surface area (Å²) in [5.41, 5.74) is 4.79. The molecule has 2 rings (SSSR count). The number of aromatic nitrogens is 3. The Kier molecular flexibility index (Phi) is 3.67. The van der Waals surface area contributed by atoms with Gasteiger partial charge in [-0.2, -0.15) is 18.3 Å². The lowest BCUT2D eigenvalue weighted by Crippen LogP contribution is -2.21. The molecular weight excluding hydrogens is 273 g/mol. The van der Waals surface area contributed by atoms with E-state index in [1.165, 1.54) is 16.7 Å². The fourth-order valence-electron chi connectivity index (χ4n) is 1.79. The molecule has 0 saturated heterocycles. The van der Waals surface area contributed by atoms with Crippen molar-refractivity contribution < 1.29 is 13.2 Å². The summed E-state index contributed by atoms with van der Waals surface area (Å²) >= 11 is 0. The summed E-state index contributed by atoms with van der Waals surface area (Å²) in [5.74, 6) is 0.289. The van der Waals surface area contributed by atoms with E-state index >= 15 is 0 Å². The van der Waals surface area contributed by atoms with E-state index < -0.39 is 23.5 Å². The van der Waals surface area contributed by atoms with E-state index in [0.717, 1.165) is 12.1 Å². The highest BCUT2D eigenvalue weighted by Gasteiger charge is 2.30. The zero-order chi connectivity index (χ0) is 14.9. The van der Waals surface area contributed by atoms with Crippen molar-refractivity contribution in [1.29, 1.82) is 0 Å². The number of alkyl halides is 3. The van der Waals surface area contributed by atoms with Gasteiger partial charge in [-0.25, -0.2) is 14.5 Å². The molecular formula is C12H13F3N4O. The highest BCUT2D eigenvalue weighted by Crippen LogP contribution is 2.29. The number of hydrogen-bond donors (Lipinski definition) is 2. The molecule has 2 aromatic rings. The van der Waals surface area contributed by atoms with Crippen molar-refractivity contribution >= 4 is 0 Å². The van der Waals surface area contributed by atoms with E-state index in [4.69, 9.17) is 5.73 Å². The van der Waals surface area contributed by atoms with Gasteiger partial charge in [0.05, 0.1) is 17.3 Å². The minimum atomic E-state index is -4.41. The monoisotopic (exact) mass is 286 g/mol. The van der Waals surface area contributed by atoms with Crippen LogP contribution in [0.2, 0.25) is 0 Å². The van der Waals surface area contributed by atoms with E-state index in [9.17, 15) is 18.0 Å². The van der Waals surface area contributed by atoms with Crippen molar-refractivity contribution in [3.63, 3.8) is 0 Å². The molecule has 0 aliphatic carbocycles. The molecule has 5 nitrogen and oxygen atoms in total. The predicted octanol–water partition coefficient (Wildman–Crippen LogP) is 1.99. The molecule has 3 N–H and O–H groups in total. The number of nitrogens with one attached hydrogen (secondary N) is 1. The molecule has 0 spiro atoms. The number of nitrogens with two attached hydrogens (primary N) is 1. The zero-order valence-corrected chi connectivity index (χ0v) is 10.6. The summed E-state index contributed by atoms with van der Waals surface area (Å²) in [4.78, 5) is 11.7. The van der Waals surface area contributed by atoms with Gasteiger partial charge in [0.25, 0.3) is 0 Å². The average molecular weight is 286 g/mol. The maximum absolute atomic E-state index is 12.5. The van der Waals surface area contributed by atoms with Gasteiger partial charge in [0.15, 0.2) is 5.82 Å². The molecule has 1 heterocycles. The predicted molar refractivity (Wildman–Crippen MR) is 66.4 cm³/mol. The molecule has 0 fully saturated rings. The smallest absolute Gasteiger partial charge is 0.321 e. The summed E-state index contributed by atoms with van der Waals surface area (Å²) in [6.07, 6.45) is -3.87. The van der Waals surface area contributed by atoms with Crippen LogP contribution in [0.25, 0.3) is 5.69 Å². The van der Waals surface area contributed by atoms with Gasteiger partial charge in [-0.15, -0.1) is 0 Å². The fraction of sp³-hybridized carbons (Fsp3) is 0.333. The van der Waals surface area contributed by atoms with Crippen molar-refractivity contribution in [1.82, 2.24) is 14.8 Å². The number of aromatic amines is 1. The van der Waals surface area contributed by atoms with E-state index in [2.05, 4.69) is 10.2 Å². The Balaban J connectivity index is 2.47. The molecule has 0 radical (unpaired) electrons. The maximum atomic E-state index is 12.5. The van der Waals surface area contributed by atoms with Gasteiger partial charge < -0.3 is 5.73 Å². The fourth-order valence-corrected chi connectivity index (χ4v) is 1.79. The van der Waals surface area contributed by atoms with Crippen LogP contribution in [0.5, 0.6) is 0 Å². The lowest BCUT2D eigenvalue weighted by molar-refractivity contribution is -0.137. The molecule has 8 heteroatoms. The molecule has 108 valence electrons. The summed E-state index contributed by atoms with van der Waals surface area (Å²) in [5, 5.41) is 6.06. The number of halogens is 3. The number of hydrogen-bond acceptors (Lipinski definition) is 3. The molecule has 0 amide bonds. The van der Waals surface area contributed by atoms with Gasteiger partial charge in [-0.05, 0) is 30.7 Å². The third-order valence-corrected chi connectivity index (χ3v) is 2.92. The normalized spacial score (nSPS) is 13.4. The van der Waals surface area contributed by atoms with E-state index in [1.54, 1.807) is 0 Å². The summed E-state index contributed by atoms with van der Waals surface area (Å²) < 4.78 is 38.7. The third kappa shape index (κ3) is 2.60. The minimum absolute atomic E-state index is 0.288. The van der Waals surface area contributed by atoms with Gasteiger partial charge in [-0.1, -0.05) is 6.92 Å². The Bertz CT molecular complexity index is 642. The SMILES string of the molecule is CC[C@H](N)c1n[nH]c(=O)n1-c1ccc(C(F)(F)F)cc1.